The van der Waals surface area contributed by atoms with Gasteiger partial charge in [0.25, 0.3) is 0 Å². The topological polar surface area (TPSA) is 88.8 Å². The van der Waals surface area contributed by atoms with Crippen LogP contribution in [0.15, 0.2) is 12.1 Å². The van der Waals surface area contributed by atoms with Crippen LogP contribution in [0.2, 0.25) is 0 Å². The van der Waals surface area contributed by atoms with Gasteiger partial charge in [-0.3, -0.25) is 0 Å². The van der Waals surface area contributed by atoms with E-state index in [1.165, 1.54) is 12.1 Å². The number of carbonyl (C=O) groups is 1. The number of carboxylic acids is 1. The summed E-state index contributed by atoms with van der Waals surface area (Å²) < 4.78 is 15.6. The van der Waals surface area contributed by atoms with Crippen LogP contribution in [0.4, 0.5) is 0 Å². The summed E-state index contributed by atoms with van der Waals surface area (Å²) in [5.41, 5.74) is -0.0482. The number of rotatable bonds is 4. The van der Waals surface area contributed by atoms with Crippen molar-refractivity contribution in [3.8, 4) is 23.3 Å². The zero-order valence-electron chi connectivity index (χ0n) is 9.67. The van der Waals surface area contributed by atoms with Crippen molar-refractivity contribution in [3.05, 3.63) is 17.7 Å². The maximum absolute atomic E-state index is 11.1. The first-order valence-corrected chi connectivity index (χ1v) is 5.39. The summed E-state index contributed by atoms with van der Waals surface area (Å²) in [7, 11) is 0. The minimum atomic E-state index is -1.14. The first kappa shape index (κ1) is 12.0. The van der Waals surface area contributed by atoms with Crippen LogP contribution in [0.3, 0.4) is 0 Å². The predicted octanol–water partition coefficient (Wildman–Crippen LogP) is 1.79. The Bertz CT molecular complexity index is 520. The van der Waals surface area contributed by atoms with Crippen LogP contribution in [0.1, 0.15) is 23.7 Å². The molecule has 0 radical (unpaired) electrons. The Morgan fingerprint density at radius 1 is 1.56 bits per heavy atom. The number of aromatic carboxylic acids is 1. The van der Waals surface area contributed by atoms with E-state index in [1.54, 1.807) is 6.92 Å². The highest BCUT2D eigenvalue weighted by atomic mass is 16.7. The molecule has 0 fully saturated rings. The number of fused-ring (bicyclic) bond motifs is 1. The number of ether oxygens (including phenoxy) is 3. The number of hydrogen-bond acceptors (Lipinski definition) is 5. The van der Waals surface area contributed by atoms with E-state index in [0.717, 1.165) is 0 Å². The number of benzene rings is 1. The molecule has 1 aliphatic heterocycles. The SMILES string of the molecule is CCC(C#N)Oc1cc2c(cc1C(=O)O)OCO2. The molecule has 0 saturated carbocycles. The summed E-state index contributed by atoms with van der Waals surface area (Å²) in [6.07, 6.45) is -0.229. The highest BCUT2D eigenvalue weighted by molar-refractivity contribution is 5.92. The molecule has 0 saturated heterocycles. The molecule has 0 aromatic heterocycles. The summed E-state index contributed by atoms with van der Waals surface area (Å²) in [6, 6.07) is 4.72. The van der Waals surface area contributed by atoms with Crippen molar-refractivity contribution in [3.63, 3.8) is 0 Å². The Morgan fingerprint density at radius 2 is 2.22 bits per heavy atom. The highest BCUT2D eigenvalue weighted by Crippen LogP contribution is 2.38. The lowest BCUT2D eigenvalue weighted by molar-refractivity contribution is 0.0690. The molecule has 0 spiro atoms. The summed E-state index contributed by atoms with van der Waals surface area (Å²) in [5, 5.41) is 17.9. The Labute approximate surface area is 103 Å². The van der Waals surface area contributed by atoms with Crippen LogP contribution in [0.5, 0.6) is 17.2 Å². The largest absolute Gasteiger partial charge is 0.478 e. The van der Waals surface area contributed by atoms with Crippen LogP contribution in [0.25, 0.3) is 0 Å². The molecule has 0 amide bonds. The Hall–Kier alpha value is -2.42. The van der Waals surface area contributed by atoms with E-state index >= 15 is 0 Å². The monoisotopic (exact) mass is 249 g/mol. The van der Waals surface area contributed by atoms with E-state index in [2.05, 4.69) is 0 Å². The lowest BCUT2D eigenvalue weighted by Crippen LogP contribution is -2.14. The molecular weight excluding hydrogens is 238 g/mol. The fourth-order valence-electron chi connectivity index (χ4n) is 1.54. The number of hydrogen-bond donors (Lipinski definition) is 1. The molecule has 1 aromatic carbocycles. The van der Waals surface area contributed by atoms with Gasteiger partial charge >= 0.3 is 5.97 Å². The molecule has 1 unspecified atom stereocenters. The second kappa shape index (κ2) is 4.84. The van der Waals surface area contributed by atoms with E-state index in [-0.39, 0.29) is 18.1 Å². The second-order valence-corrected chi connectivity index (χ2v) is 3.65. The van der Waals surface area contributed by atoms with Crippen molar-refractivity contribution < 1.29 is 24.1 Å². The van der Waals surface area contributed by atoms with Crippen molar-refractivity contribution in [1.82, 2.24) is 0 Å². The summed E-state index contributed by atoms with van der Waals surface area (Å²) in [6.45, 7) is 1.83. The predicted molar refractivity (Wildman–Crippen MR) is 59.8 cm³/mol. The van der Waals surface area contributed by atoms with Crippen LogP contribution in [-0.4, -0.2) is 24.0 Å². The minimum Gasteiger partial charge on any atom is -0.478 e. The Kier molecular flexibility index (Phi) is 3.24. The van der Waals surface area contributed by atoms with E-state index in [0.29, 0.717) is 17.9 Å². The van der Waals surface area contributed by atoms with Crippen LogP contribution < -0.4 is 14.2 Å². The maximum atomic E-state index is 11.1. The maximum Gasteiger partial charge on any atom is 0.339 e. The van der Waals surface area contributed by atoms with Gasteiger partial charge in [0.2, 0.25) is 6.79 Å². The van der Waals surface area contributed by atoms with Gasteiger partial charge in [0.15, 0.2) is 17.6 Å². The molecule has 1 N–H and O–H groups in total. The average Bonchev–Trinajstić information content (AvgIpc) is 2.81. The van der Waals surface area contributed by atoms with E-state index < -0.39 is 12.1 Å². The Balaban J connectivity index is 2.39. The van der Waals surface area contributed by atoms with Crippen LogP contribution in [0, 0.1) is 11.3 Å². The highest BCUT2D eigenvalue weighted by Gasteiger charge is 2.23. The van der Waals surface area contributed by atoms with E-state index in [4.69, 9.17) is 24.6 Å². The first-order chi connectivity index (χ1) is 8.65. The lowest BCUT2D eigenvalue weighted by Gasteiger charge is -2.13. The fourth-order valence-corrected chi connectivity index (χ4v) is 1.54. The van der Waals surface area contributed by atoms with Crippen molar-refractivity contribution >= 4 is 5.97 Å². The van der Waals surface area contributed by atoms with Gasteiger partial charge < -0.3 is 19.3 Å². The van der Waals surface area contributed by atoms with Gasteiger partial charge in [-0.15, -0.1) is 0 Å². The van der Waals surface area contributed by atoms with Gasteiger partial charge in [-0.05, 0) is 6.42 Å². The van der Waals surface area contributed by atoms with Gasteiger partial charge in [0.1, 0.15) is 17.4 Å². The zero-order valence-corrected chi connectivity index (χ0v) is 9.67. The lowest BCUT2D eigenvalue weighted by atomic mass is 10.1. The molecule has 6 nitrogen and oxygen atoms in total. The molecule has 1 aromatic rings. The molecule has 18 heavy (non-hydrogen) atoms. The van der Waals surface area contributed by atoms with Gasteiger partial charge in [0.05, 0.1) is 0 Å². The molecule has 0 aliphatic carbocycles. The first-order valence-electron chi connectivity index (χ1n) is 5.39. The molecule has 1 atom stereocenters. The van der Waals surface area contributed by atoms with Crippen molar-refractivity contribution in [2.24, 2.45) is 0 Å². The average molecular weight is 249 g/mol. The molecule has 0 bridgehead atoms. The number of nitriles is 1. The minimum absolute atomic E-state index is 0.0482. The molecule has 1 aliphatic rings. The van der Waals surface area contributed by atoms with Gasteiger partial charge in [-0.25, -0.2) is 4.79 Å². The summed E-state index contributed by atoms with van der Waals surface area (Å²) >= 11 is 0. The smallest absolute Gasteiger partial charge is 0.339 e. The zero-order chi connectivity index (χ0) is 13.1. The number of nitrogens with zero attached hydrogens (tertiary/aromatic N) is 1. The van der Waals surface area contributed by atoms with E-state index in [1.807, 2.05) is 6.07 Å². The number of carboxylic acid groups (broad SMARTS) is 1. The Morgan fingerprint density at radius 3 is 2.78 bits per heavy atom. The van der Waals surface area contributed by atoms with Crippen molar-refractivity contribution in [1.29, 1.82) is 5.26 Å². The van der Waals surface area contributed by atoms with Crippen molar-refractivity contribution in [2.45, 2.75) is 19.4 Å². The summed E-state index contributed by atoms with van der Waals surface area (Å²) in [5.74, 6) is -0.246. The fraction of sp³-hybridized carbons (Fsp3) is 0.333. The molecule has 94 valence electrons. The molecule has 1 heterocycles. The molecule has 6 heteroatoms. The van der Waals surface area contributed by atoms with E-state index in [9.17, 15) is 4.79 Å². The molecule has 2 rings (SSSR count). The third-order valence-corrected chi connectivity index (χ3v) is 2.49. The van der Waals surface area contributed by atoms with Crippen LogP contribution in [-0.2, 0) is 0 Å². The molecular formula is C12H11NO5. The van der Waals surface area contributed by atoms with Crippen molar-refractivity contribution in [2.75, 3.05) is 6.79 Å². The quantitative estimate of drug-likeness (QED) is 0.875. The summed E-state index contributed by atoms with van der Waals surface area (Å²) in [4.78, 5) is 11.1. The second-order valence-electron chi connectivity index (χ2n) is 3.65. The van der Waals surface area contributed by atoms with Gasteiger partial charge in [-0.2, -0.15) is 5.26 Å². The van der Waals surface area contributed by atoms with Gasteiger partial charge in [0, 0.05) is 12.1 Å². The van der Waals surface area contributed by atoms with Crippen LogP contribution >= 0.6 is 0 Å². The third kappa shape index (κ3) is 2.15. The van der Waals surface area contributed by atoms with Gasteiger partial charge in [-0.1, -0.05) is 6.92 Å². The standard InChI is InChI=1S/C12H11NO5/c1-2-7(5-13)18-9-4-11-10(16-6-17-11)3-8(9)12(14)15/h3-4,7H,2,6H2,1H3,(H,14,15). The third-order valence-electron chi connectivity index (χ3n) is 2.49. The normalized spacial score (nSPS) is 13.8.